The van der Waals surface area contributed by atoms with Crippen LogP contribution in [0.25, 0.3) is 17.7 Å². The van der Waals surface area contributed by atoms with Crippen LogP contribution in [0.3, 0.4) is 0 Å². The molecule has 3 aromatic carbocycles. The smallest absolute Gasteiger partial charge is 0.0944 e. The molecule has 2 heterocycles. The van der Waals surface area contributed by atoms with Crippen LogP contribution in [-0.4, -0.2) is 6.54 Å². The summed E-state index contributed by atoms with van der Waals surface area (Å²) in [7, 11) is 0. The van der Waals surface area contributed by atoms with Crippen LogP contribution in [0.1, 0.15) is 71.5 Å². The molecule has 1 aromatic heterocycles. The Labute approximate surface area is 237 Å². The van der Waals surface area contributed by atoms with Crippen molar-refractivity contribution in [3.63, 3.8) is 0 Å². The number of thiophene rings is 1. The van der Waals surface area contributed by atoms with Gasteiger partial charge < -0.3 is 4.90 Å². The molecular weight excluding hydrogens is 492 g/mol. The minimum Gasteiger partial charge on any atom is -0.341 e. The first-order valence-electron chi connectivity index (χ1n) is 14.1. The number of benzene rings is 3. The van der Waals surface area contributed by atoms with E-state index in [4.69, 9.17) is 0 Å². The number of nitrogens with zero attached hydrogens (tertiary/aromatic N) is 2. The van der Waals surface area contributed by atoms with Gasteiger partial charge in [-0.05, 0) is 96.5 Å². The molecule has 1 aliphatic heterocycles. The van der Waals surface area contributed by atoms with E-state index in [1.54, 1.807) is 11.3 Å². The second-order valence-corrected chi connectivity index (χ2v) is 11.4. The zero-order valence-corrected chi connectivity index (χ0v) is 23.8. The lowest BCUT2D eigenvalue weighted by molar-refractivity contribution is 0.668. The predicted octanol–water partition coefficient (Wildman–Crippen LogP) is 10.1. The fourth-order valence-electron chi connectivity index (χ4n) is 5.38. The van der Waals surface area contributed by atoms with Crippen molar-refractivity contribution in [3.05, 3.63) is 123 Å². The van der Waals surface area contributed by atoms with Crippen molar-refractivity contribution in [1.82, 2.24) is 0 Å². The van der Waals surface area contributed by atoms with E-state index in [-0.39, 0.29) is 0 Å². The number of unbranched alkanes of at least 4 members (excludes halogenated alkanes) is 3. The second-order valence-electron chi connectivity index (χ2n) is 10.3. The Morgan fingerprint density at radius 3 is 2.44 bits per heavy atom. The van der Waals surface area contributed by atoms with E-state index in [1.807, 2.05) is 13.0 Å². The molecule has 0 saturated heterocycles. The van der Waals surface area contributed by atoms with E-state index < -0.39 is 0 Å². The highest BCUT2D eigenvalue weighted by Gasteiger charge is 2.20. The molecule has 3 heteroatoms. The monoisotopic (exact) mass is 528 g/mol. The predicted molar refractivity (Wildman–Crippen MR) is 168 cm³/mol. The third-order valence-electron chi connectivity index (χ3n) is 7.40. The van der Waals surface area contributed by atoms with Crippen molar-refractivity contribution in [3.8, 4) is 6.07 Å². The molecule has 5 rings (SSSR count). The van der Waals surface area contributed by atoms with Crippen molar-refractivity contribution in [2.45, 2.75) is 52.4 Å². The van der Waals surface area contributed by atoms with Crippen molar-refractivity contribution in [2.24, 2.45) is 0 Å². The van der Waals surface area contributed by atoms with Gasteiger partial charge in [0.05, 0.1) is 6.07 Å². The van der Waals surface area contributed by atoms with Gasteiger partial charge in [-0.3, -0.25) is 0 Å². The third kappa shape index (κ3) is 6.41. The normalized spacial score (nSPS) is 13.4. The summed E-state index contributed by atoms with van der Waals surface area (Å²) < 4.78 is 0. The summed E-state index contributed by atoms with van der Waals surface area (Å²) in [6.07, 6.45) is 11.4. The third-order valence-corrected chi connectivity index (χ3v) is 8.46. The molecule has 2 nitrogen and oxygen atoms in total. The molecule has 0 aliphatic carbocycles. The van der Waals surface area contributed by atoms with Crippen LogP contribution in [0, 0.1) is 11.3 Å². The van der Waals surface area contributed by atoms with Gasteiger partial charge in [0.15, 0.2) is 0 Å². The number of fused-ring (bicyclic) bond motifs is 2. The van der Waals surface area contributed by atoms with Crippen LogP contribution in [0.15, 0.2) is 90.5 Å². The number of anilines is 2. The Bertz CT molecular complexity index is 1520. The maximum Gasteiger partial charge on any atom is 0.0944 e. The standard InChI is InChI=1S/C36H36N2S/c1-3-4-5-11-22-38-34-15-10-9-14-30(34)17-18-31-24-28(16-20-35(31)38)25-33(29-12-7-6-8-13-29)36-21-19-32(39-36)23-27(2)26-37/h6-10,12-16,19-21,23-25H,3-5,11,17-18,22H2,1-2H3/b27-23-,33-25+. The Balaban J connectivity index is 1.53. The summed E-state index contributed by atoms with van der Waals surface area (Å²) in [5, 5.41) is 9.22. The number of nitriles is 1. The molecule has 196 valence electrons. The maximum absolute atomic E-state index is 9.22. The van der Waals surface area contributed by atoms with E-state index in [0.717, 1.165) is 29.8 Å². The molecule has 0 radical (unpaired) electrons. The maximum atomic E-state index is 9.22. The van der Waals surface area contributed by atoms with Crippen LogP contribution in [-0.2, 0) is 12.8 Å². The van der Waals surface area contributed by atoms with Crippen LogP contribution >= 0.6 is 11.3 Å². The quantitative estimate of drug-likeness (QED) is 0.123. The Hall–Kier alpha value is -3.87. The molecule has 0 bridgehead atoms. The van der Waals surface area contributed by atoms with E-state index >= 15 is 0 Å². The molecule has 0 saturated carbocycles. The zero-order chi connectivity index (χ0) is 27.0. The van der Waals surface area contributed by atoms with Crippen molar-refractivity contribution >= 4 is 40.4 Å². The van der Waals surface area contributed by atoms with Gasteiger partial charge in [-0.15, -0.1) is 11.3 Å². The number of hydrogen-bond acceptors (Lipinski definition) is 3. The van der Waals surface area contributed by atoms with Crippen LogP contribution in [0.4, 0.5) is 11.4 Å². The minimum absolute atomic E-state index is 0.722. The van der Waals surface area contributed by atoms with E-state index in [2.05, 4.69) is 109 Å². The molecule has 0 amide bonds. The Morgan fingerprint density at radius 1 is 0.846 bits per heavy atom. The van der Waals surface area contributed by atoms with E-state index in [1.165, 1.54) is 69.8 Å². The number of rotatable bonds is 9. The lowest BCUT2D eigenvalue weighted by Gasteiger charge is -2.27. The SMILES string of the molecule is CCCCCCN1c2ccccc2CCc2cc(/C=C(\c3ccccc3)c3ccc(/C=C(/C)C#N)s3)ccc21. The Morgan fingerprint density at radius 2 is 1.62 bits per heavy atom. The average molecular weight is 529 g/mol. The average Bonchev–Trinajstić information content (AvgIpc) is 3.37. The van der Waals surface area contributed by atoms with Crippen molar-refractivity contribution in [2.75, 3.05) is 11.4 Å². The van der Waals surface area contributed by atoms with Gasteiger partial charge >= 0.3 is 0 Å². The van der Waals surface area contributed by atoms with Gasteiger partial charge in [0, 0.05) is 33.2 Å². The van der Waals surface area contributed by atoms with Crippen molar-refractivity contribution < 1.29 is 0 Å². The number of aryl methyl sites for hydroxylation is 2. The highest BCUT2D eigenvalue weighted by molar-refractivity contribution is 7.14. The molecule has 0 atom stereocenters. The van der Waals surface area contributed by atoms with Gasteiger partial charge in [-0.25, -0.2) is 0 Å². The highest BCUT2D eigenvalue weighted by Crippen LogP contribution is 2.38. The lowest BCUT2D eigenvalue weighted by Crippen LogP contribution is -2.19. The van der Waals surface area contributed by atoms with Gasteiger partial charge in [-0.1, -0.05) is 80.8 Å². The first-order valence-corrected chi connectivity index (χ1v) is 14.9. The lowest BCUT2D eigenvalue weighted by atomic mass is 9.98. The van der Waals surface area contributed by atoms with Crippen molar-refractivity contribution in [1.29, 1.82) is 5.26 Å². The topological polar surface area (TPSA) is 27.0 Å². The molecular formula is C36H36N2S. The van der Waals surface area contributed by atoms with Gasteiger partial charge in [0.2, 0.25) is 0 Å². The molecule has 0 unspecified atom stereocenters. The fourth-order valence-corrected chi connectivity index (χ4v) is 6.43. The Kier molecular flexibility index (Phi) is 8.76. The summed E-state index contributed by atoms with van der Waals surface area (Å²) in [5.41, 5.74) is 9.94. The highest BCUT2D eigenvalue weighted by atomic mass is 32.1. The van der Waals surface area contributed by atoms with Gasteiger partial charge in [-0.2, -0.15) is 5.26 Å². The summed E-state index contributed by atoms with van der Waals surface area (Å²) in [6.45, 7) is 5.19. The largest absolute Gasteiger partial charge is 0.341 e. The molecule has 0 fully saturated rings. The van der Waals surface area contributed by atoms with Crippen LogP contribution < -0.4 is 4.90 Å². The number of hydrogen-bond donors (Lipinski definition) is 0. The first kappa shape index (κ1) is 26.7. The number of allylic oxidation sites excluding steroid dienone is 1. The summed E-state index contributed by atoms with van der Waals surface area (Å²) in [5.74, 6) is 0. The summed E-state index contributed by atoms with van der Waals surface area (Å²) in [4.78, 5) is 4.87. The first-order chi connectivity index (χ1) is 19.2. The molecule has 0 N–H and O–H groups in total. The van der Waals surface area contributed by atoms with Crippen LogP contribution in [0.5, 0.6) is 0 Å². The summed E-state index contributed by atoms with van der Waals surface area (Å²) in [6, 6.07) is 33.1. The van der Waals surface area contributed by atoms with Gasteiger partial charge in [0.1, 0.15) is 0 Å². The molecule has 1 aliphatic rings. The van der Waals surface area contributed by atoms with Gasteiger partial charge in [0.25, 0.3) is 0 Å². The minimum atomic E-state index is 0.722. The molecule has 4 aromatic rings. The fraction of sp³-hybridized carbons (Fsp3) is 0.250. The van der Waals surface area contributed by atoms with E-state index in [9.17, 15) is 5.26 Å². The zero-order valence-electron chi connectivity index (χ0n) is 23.0. The number of para-hydroxylation sites is 1. The molecule has 39 heavy (non-hydrogen) atoms. The van der Waals surface area contributed by atoms with Crippen LogP contribution in [0.2, 0.25) is 0 Å². The second kappa shape index (κ2) is 12.8. The molecule has 0 spiro atoms. The summed E-state index contributed by atoms with van der Waals surface area (Å²) >= 11 is 1.73. The van der Waals surface area contributed by atoms with E-state index in [0.29, 0.717) is 0 Å².